The van der Waals surface area contributed by atoms with E-state index in [-0.39, 0.29) is 18.5 Å². The standard InChI is InChI=1S/C8H18N2O2/c1-2-3-8-11-6(4-9)7(5-10)12-8/h6-8H,2-5,9-10H2,1H3. The SMILES string of the molecule is CCCC1OC(CN)C(CN)O1. The summed E-state index contributed by atoms with van der Waals surface area (Å²) in [5.74, 6) is 0. The van der Waals surface area contributed by atoms with Crippen LogP contribution in [0.15, 0.2) is 0 Å². The first-order valence-corrected chi connectivity index (χ1v) is 4.52. The van der Waals surface area contributed by atoms with Gasteiger partial charge in [-0.05, 0) is 6.42 Å². The Balaban J connectivity index is 2.36. The Morgan fingerprint density at radius 1 is 1.08 bits per heavy atom. The second kappa shape index (κ2) is 4.77. The second-order valence-electron chi connectivity index (χ2n) is 3.04. The fourth-order valence-electron chi connectivity index (χ4n) is 1.38. The van der Waals surface area contributed by atoms with Crippen molar-refractivity contribution in [2.24, 2.45) is 11.5 Å². The molecule has 12 heavy (non-hydrogen) atoms. The lowest BCUT2D eigenvalue weighted by atomic mass is 10.2. The molecule has 4 heteroatoms. The lowest BCUT2D eigenvalue weighted by molar-refractivity contribution is -0.0687. The Bertz CT molecular complexity index is 120. The topological polar surface area (TPSA) is 70.5 Å². The molecular formula is C8H18N2O2. The number of hydrogen-bond donors (Lipinski definition) is 2. The largest absolute Gasteiger partial charge is 0.345 e. The van der Waals surface area contributed by atoms with Gasteiger partial charge in [-0.3, -0.25) is 0 Å². The molecule has 0 spiro atoms. The fraction of sp³-hybridized carbons (Fsp3) is 1.00. The van der Waals surface area contributed by atoms with E-state index in [4.69, 9.17) is 20.9 Å². The van der Waals surface area contributed by atoms with Gasteiger partial charge in [0.05, 0.1) is 0 Å². The van der Waals surface area contributed by atoms with Crippen molar-refractivity contribution in [1.82, 2.24) is 0 Å². The van der Waals surface area contributed by atoms with E-state index in [0.717, 1.165) is 12.8 Å². The van der Waals surface area contributed by atoms with Crippen LogP contribution in [0.5, 0.6) is 0 Å². The predicted octanol–water partition coefficient (Wildman–Crippen LogP) is -0.186. The minimum absolute atomic E-state index is 0.00782. The molecule has 0 aromatic rings. The van der Waals surface area contributed by atoms with Crippen LogP contribution in [0.3, 0.4) is 0 Å². The van der Waals surface area contributed by atoms with E-state index in [1.54, 1.807) is 0 Å². The molecule has 1 saturated heterocycles. The molecule has 0 amide bonds. The van der Waals surface area contributed by atoms with Crippen molar-refractivity contribution in [1.29, 1.82) is 0 Å². The zero-order chi connectivity index (χ0) is 8.97. The summed E-state index contributed by atoms with van der Waals surface area (Å²) in [5.41, 5.74) is 11.0. The number of ether oxygens (including phenoxy) is 2. The van der Waals surface area contributed by atoms with Crippen LogP contribution in [-0.4, -0.2) is 31.6 Å². The number of hydrogen-bond acceptors (Lipinski definition) is 4. The lowest BCUT2D eigenvalue weighted by Crippen LogP contribution is -2.35. The van der Waals surface area contributed by atoms with Gasteiger partial charge in [-0.1, -0.05) is 13.3 Å². The highest BCUT2D eigenvalue weighted by Gasteiger charge is 2.33. The first-order chi connectivity index (χ1) is 5.81. The molecule has 0 aromatic heterocycles. The average molecular weight is 174 g/mol. The summed E-state index contributed by atoms with van der Waals surface area (Å²) in [6.07, 6.45) is 1.88. The van der Waals surface area contributed by atoms with Crippen LogP contribution < -0.4 is 11.5 Å². The molecule has 4 nitrogen and oxygen atoms in total. The van der Waals surface area contributed by atoms with Crippen LogP contribution in [0.4, 0.5) is 0 Å². The van der Waals surface area contributed by atoms with E-state index in [2.05, 4.69) is 6.92 Å². The van der Waals surface area contributed by atoms with Gasteiger partial charge >= 0.3 is 0 Å². The first kappa shape index (κ1) is 9.92. The van der Waals surface area contributed by atoms with Gasteiger partial charge in [0.2, 0.25) is 0 Å². The first-order valence-electron chi connectivity index (χ1n) is 4.52. The molecule has 1 rings (SSSR count). The highest BCUT2D eigenvalue weighted by atomic mass is 16.7. The maximum atomic E-state index is 5.53. The third-order valence-electron chi connectivity index (χ3n) is 2.06. The molecule has 1 aliphatic heterocycles. The average Bonchev–Trinajstić information content (AvgIpc) is 2.48. The van der Waals surface area contributed by atoms with Crippen molar-refractivity contribution in [3.8, 4) is 0 Å². The quantitative estimate of drug-likeness (QED) is 0.620. The fourth-order valence-corrected chi connectivity index (χ4v) is 1.38. The smallest absolute Gasteiger partial charge is 0.158 e. The van der Waals surface area contributed by atoms with Crippen LogP contribution in [0.1, 0.15) is 19.8 Å². The van der Waals surface area contributed by atoms with Crippen LogP contribution in [-0.2, 0) is 9.47 Å². The monoisotopic (exact) mass is 174 g/mol. The summed E-state index contributed by atoms with van der Waals surface area (Å²) in [4.78, 5) is 0. The third kappa shape index (κ3) is 2.17. The van der Waals surface area contributed by atoms with Crippen molar-refractivity contribution in [2.75, 3.05) is 13.1 Å². The summed E-state index contributed by atoms with van der Waals surface area (Å²) >= 11 is 0. The number of nitrogens with two attached hydrogens (primary N) is 2. The Morgan fingerprint density at radius 3 is 1.92 bits per heavy atom. The van der Waals surface area contributed by atoms with Gasteiger partial charge < -0.3 is 20.9 Å². The van der Waals surface area contributed by atoms with Gasteiger partial charge in [-0.2, -0.15) is 0 Å². The molecule has 0 aliphatic carbocycles. The van der Waals surface area contributed by atoms with E-state index >= 15 is 0 Å². The highest BCUT2D eigenvalue weighted by Crippen LogP contribution is 2.20. The zero-order valence-corrected chi connectivity index (χ0v) is 7.53. The Hall–Kier alpha value is -0.160. The maximum absolute atomic E-state index is 5.53. The van der Waals surface area contributed by atoms with Crippen molar-refractivity contribution in [2.45, 2.75) is 38.3 Å². The normalized spacial score (nSPS) is 35.8. The van der Waals surface area contributed by atoms with E-state index in [9.17, 15) is 0 Å². The van der Waals surface area contributed by atoms with Crippen LogP contribution in [0, 0.1) is 0 Å². The molecule has 4 N–H and O–H groups in total. The van der Waals surface area contributed by atoms with E-state index < -0.39 is 0 Å². The molecule has 1 aliphatic rings. The van der Waals surface area contributed by atoms with Gasteiger partial charge in [-0.15, -0.1) is 0 Å². The lowest BCUT2D eigenvalue weighted by Gasteiger charge is -2.11. The van der Waals surface area contributed by atoms with Crippen molar-refractivity contribution in [3.63, 3.8) is 0 Å². The Morgan fingerprint density at radius 2 is 1.58 bits per heavy atom. The Labute approximate surface area is 73.2 Å². The van der Waals surface area contributed by atoms with E-state index in [1.165, 1.54) is 0 Å². The summed E-state index contributed by atoms with van der Waals surface area (Å²) in [6.45, 7) is 3.07. The molecule has 0 aromatic carbocycles. The molecule has 0 saturated carbocycles. The molecule has 72 valence electrons. The molecule has 0 bridgehead atoms. The summed E-state index contributed by atoms with van der Waals surface area (Å²) < 4.78 is 11.1. The number of rotatable bonds is 4. The van der Waals surface area contributed by atoms with Crippen molar-refractivity contribution < 1.29 is 9.47 Å². The summed E-state index contributed by atoms with van der Waals surface area (Å²) in [7, 11) is 0. The van der Waals surface area contributed by atoms with Gasteiger partial charge in [0.1, 0.15) is 12.2 Å². The van der Waals surface area contributed by atoms with Gasteiger partial charge in [-0.25, -0.2) is 0 Å². The molecule has 0 radical (unpaired) electrons. The minimum Gasteiger partial charge on any atom is -0.345 e. The van der Waals surface area contributed by atoms with Gasteiger partial charge in [0.25, 0.3) is 0 Å². The van der Waals surface area contributed by atoms with Gasteiger partial charge in [0.15, 0.2) is 6.29 Å². The second-order valence-corrected chi connectivity index (χ2v) is 3.04. The molecule has 1 heterocycles. The predicted molar refractivity (Wildman–Crippen MR) is 46.6 cm³/mol. The Kier molecular flexibility index (Phi) is 3.94. The summed E-state index contributed by atoms with van der Waals surface area (Å²) in [6, 6.07) is 0. The zero-order valence-electron chi connectivity index (χ0n) is 7.53. The van der Waals surface area contributed by atoms with E-state index in [1.807, 2.05) is 0 Å². The van der Waals surface area contributed by atoms with Gasteiger partial charge in [0, 0.05) is 13.1 Å². The minimum atomic E-state index is -0.0860. The maximum Gasteiger partial charge on any atom is 0.158 e. The van der Waals surface area contributed by atoms with Crippen LogP contribution >= 0.6 is 0 Å². The summed E-state index contributed by atoms with van der Waals surface area (Å²) in [5, 5.41) is 0. The van der Waals surface area contributed by atoms with Crippen molar-refractivity contribution >= 4 is 0 Å². The molecule has 2 atom stereocenters. The molecule has 1 fully saturated rings. The molecule has 2 unspecified atom stereocenters. The molecular weight excluding hydrogens is 156 g/mol. The van der Waals surface area contributed by atoms with Crippen molar-refractivity contribution in [3.05, 3.63) is 0 Å². The highest BCUT2D eigenvalue weighted by molar-refractivity contribution is 4.78. The van der Waals surface area contributed by atoms with Crippen LogP contribution in [0.2, 0.25) is 0 Å². The third-order valence-corrected chi connectivity index (χ3v) is 2.06. The van der Waals surface area contributed by atoms with Crippen LogP contribution in [0.25, 0.3) is 0 Å². The van der Waals surface area contributed by atoms with E-state index in [0.29, 0.717) is 13.1 Å².